The summed E-state index contributed by atoms with van der Waals surface area (Å²) in [5, 5.41) is 3.51. The van der Waals surface area contributed by atoms with E-state index in [0.29, 0.717) is 19.6 Å². The Balaban J connectivity index is 1.57. The Morgan fingerprint density at radius 1 is 1.17 bits per heavy atom. The molecule has 0 fully saturated rings. The molecule has 1 N–H and O–H groups in total. The second-order valence-corrected chi connectivity index (χ2v) is 6.37. The van der Waals surface area contributed by atoms with Crippen LogP contribution in [-0.4, -0.2) is 25.6 Å². The Morgan fingerprint density at radius 3 is 2.96 bits per heavy atom. The third-order valence-corrected chi connectivity index (χ3v) is 4.84. The van der Waals surface area contributed by atoms with Gasteiger partial charge in [0, 0.05) is 19.0 Å². The van der Waals surface area contributed by atoms with Crippen molar-refractivity contribution in [3.63, 3.8) is 0 Å². The number of carbonyl (C=O) groups excluding carboxylic acids is 1. The number of benzene rings is 2. The first-order valence-corrected chi connectivity index (χ1v) is 8.66. The SMILES string of the molecule is O=C(CC1NCCc2ccccc21)N1CCCOc2ccccc21. The fourth-order valence-electron chi connectivity index (χ4n) is 3.65. The highest BCUT2D eigenvalue weighted by molar-refractivity contribution is 5.95. The third-order valence-electron chi connectivity index (χ3n) is 4.84. The molecule has 0 saturated heterocycles. The Labute approximate surface area is 142 Å². The molecule has 0 bridgehead atoms. The van der Waals surface area contributed by atoms with E-state index in [1.807, 2.05) is 29.2 Å². The number of amides is 1. The Bertz CT molecular complexity index is 744. The topological polar surface area (TPSA) is 41.6 Å². The first-order chi connectivity index (χ1) is 11.8. The number of rotatable bonds is 2. The van der Waals surface area contributed by atoms with E-state index in [0.717, 1.165) is 30.8 Å². The standard InChI is InChI=1S/C20H22N2O2/c23-20(14-17-16-7-2-1-6-15(16)10-11-21-17)22-12-5-13-24-19-9-4-3-8-18(19)22/h1-4,6-9,17,21H,5,10-14H2. The van der Waals surface area contributed by atoms with Crippen LogP contribution in [0.15, 0.2) is 48.5 Å². The minimum Gasteiger partial charge on any atom is -0.491 e. The van der Waals surface area contributed by atoms with Crippen molar-refractivity contribution in [2.45, 2.75) is 25.3 Å². The van der Waals surface area contributed by atoms with Crippen molar-refractivity contribution in [3.8, 4) is 5.75 Å². The lowest BCUT2D eigenvalue weighted by Gasteiger charge is -2.29. The molecular formula is C20H22N2O2. The zero-order chi connectivity index (χ0) is 16.4. The summed E-state index contributed by atoms with van der Waals surface area (Å²) in [6.45, 7) is 2.30. The average molecular weight is 322 g/mol. The summed E-state index contributed by atoms with van der Waals surface area (Å²) in [6.07, 6.45) is 2.36. The monoisotopic (exact) mass is 322 g/mol. The van der Waals surface area contributed by atoms with Crippen LogP contribution in [0.4, 0.5) is 5.69 Å². The largest absolute Gasteiger partial charge is 0.491 e. The quantitative estimate of drug-likeness (QED) is 0.924. The normalized spacial score (nSPS) is 19.7. The van der Waals surface area contributed by atoms with Crippen LogP contribution < -0.4 is 15.0 Å². The molecular weight excluding hydrogens is 300 g/mol. The predicted molar refractivity (Wildman–Crippen MR) is 94.4 cm³/mol. The van der Waals surface area contributed by atoms with Crippen LogP contribution in [0, 0.1) is 0 Å². The number of hydrogen-bond donors (Lipinski definition) is 1. The number of nitrogens with zero attached hydrogens (tertiary/aromatic N) is 1. The van der Waals surface area contributed by atoms with Crippen molar-refractivity contribution in [3.05, 3.63) is 59.7 Å². The van der Waals surface area contributed by atoms with Crippen LogP contribution in [0.1, 0.15) is 30.0 Å². The number of carbonyl (C=O) groups is 1. The Hall–Kier alpha value is -2.33. The molecule has 1 amide bonds. The maximum Gasteiger partial charge on any atom is 0.229 e. The van der Waals surface area contributed by atoms with Gasteiger partial charge in [0.15, 0.2) is 0 Å². The summed E-state index contributed by atoms with van der Waals surface area (Å²) in [4.78, 5) is 14.9. The lowest BCUT2D eigenvalue weighted by molar-refractivity contribution is -0.119. The second kappa shape index (κ2) is 6.65. The molecule has 2 heterocycles. The summed E-state index contributed by atoms with van der Waals surface area (Å²) in [7, 11) is 0. The molecule has 2 aliphatic rings. The molecule has 4 heteroatoms. The van der Waals surface area contributed by atoms with Gasteiger partial charge in [-0.05, 0) is 42.6 Å². The van der Waals surface area contributed by atoms with E-state index in [-0.39, 0.29) is 11.9 Å². The highest BCUT2D eigenvalue weighted by Crippen LogP contribution is 2.32. The van der Waals surface area contributed by atoms with Crippen LogP contribution in [0.25, 0.3) is 0 Å². The van der Waals surface area contributed by atoms with E-state index < -0.39 is 0 Å². The molecule has 4 rings (SSSR count). The van der Waals surface area contributed by atoms with Gasteiger partial charge in [-0.25, -0.2) is 0 Å². The highest BCUT2D eigenvalue weighted by Gasteiger charge is 2.27. The van der Waals surface area contributed by atoms with E-state index in [1.54, 1.807) is 0 Å². The van der Waals surface area contributed by atoms with Gasteiger partial charge >= 0.3 is 0 Å². The van der Waals surface area contributed by atoms with Gasteiger partial charge in [0.1, 0.15) is 5.75 Å². The van der Waals surface area contributed by atoms with Crippen molar-refractivity contribution in [1.29, 1.82) is 0 Å². The van der Waals surface area contributed by atoms with Crippen molar-refractivity contribution < 1.29 is 9.53 Å². The van der Waals surface area contributed by atoms with E-state index >= 15 is 0 Å². The van der Waals surface area contributed by atoms with Gasteiger partial charge in [-0.1, -0.05) is 36.4 Å². The molecule has 124 valence electrons. The molecule has 2 aliphatic heterocycles. The molecule has 0 aromatic heterocycles. The van der Waals surface area contributed by atoms with Gasteiger partial charge in [0.2, 0.25) is 5.91 Å². The molecule has 0 saturated carbocycles. The van der Waals surface area contributed by atoms with E-state index in [2.05, 4.69) is 29.6 Å². The molecule has 1 atom stereocenters. The molecule has 2 aromatic carbocycles. The first-order valence-electron chi connectivity index (χ1n) is 8.66. The fraction of sp³-hybridized carbons (Fsp3) is 0.350. The van der Waals surface area contributed by atoms with Gasteiger partial charge in [0.25, 0.3) is 0 Å². The molecule has 2 aromatic rings. The van der Waals surface area contributed by atoms with Crippen molar-refractivity contribution >= 4 is 11.6 Å². The zero-order valence-corrected chi connectivity index (χ0v) is 13.7. The zero-order valence-electron chi connectivity index (χ0n) is 13.7. The van der Waals surface area contributed by atoms with Crippen LogP contribution >= 0.6 is 0 Å². The van der Waals surface area contributed by atoms with Crippen LogP contribution in [0.3, 0.4) is 0 Å². The lowest BCUT2D eigenvalue weighted by Crippen LogP contribution is -2.37. The number of anilines is 1. The summed E-state index contributed by atoms with van der Waals surface area (Å²) >= 11 is 0. The van der Waals surface area contributed by atoms with E-state index in [4.69, 9.17) is 4.74 Å². The van der Waals surface area contributed by atoms with Gasteiger partial charge in [-0.15, -0.1) is 0 Å². The van der Waals surface area contributed by atoms with Crippen LogP contribution in [0.5, 0.6) is 5.75 Å². The van der Waals surface area contributed by atoms with Crippen LogP contribution in [0.2, 0.25) is 0 Å². The Morgan fingerprint density at radius 2 is 2.00 bits per heavy atom. The predicted octanol–water partition coefficient (Wildman–Crippen LogP) is 3.08. The molecule has 4 nitrogen and oxygen atoms in total. The smallest absolute Gasteiger partial charge is 0.229 e. The summed E-state index contributed by atoms with van der Waals surface area (Å²) in [5.74, 6) is 0.961. The lowest BCUT2D eigenvalue weighted by atomic mass is 9.92. The summed E-state index contributed by atoms with van der Waals surface area (Å²) in [6, 6.07) is 16.4. The molecule has 0 radical (unpaired) electrons. The fourth-order valence-corrected chi connectivity index (χ4v) is 3.65. The third kappa shape index (κ3) is 2.89. The van der Waals surface area contributed by atoms with Crippen molar-refractivity contribution in [2.75, 3.05) is 24.6 Å². The summed E-state index contributed by atoms with van der Waals surface area (Å²) < 4.78 is 5.77. The molecule has 1 unspecified atom stereocenters. The van der Waals surface area contributed by atoms with Crippen LogP contribution in [-0.2, 0) is 11.2 Å². The van der Waals surface area contributed by atoms with Gasteiger partial charge in [0.05, 0.1) is 12.3 Å². The molecule has 24 heavy (non-hydrogen) atoms. The van der Waals surface area contributed by atoms with Gasteiger partial charge in [-0.2, -0.15) is 0 Å². The highest BCUT2D eigenvalue weighted by atomic mass is 16.5. The maximum absolute atomic E-state index is 13.0. The van der Waals surface area contributed by atoms with Crippen molar-refractivity contribution in [1.82, 2.24) is 5.32 Å². The number of para-hydroxylation sites is 2. The second-order valence-electron chi connectivity index (χ2n) is 6.37. The van der Waals surface area contributed by atoms with Gasteiger partial charge < -0.3 is 15.0 Å². The van der Waals surface area contributed by atoms with Crippen molar-refractivity contribution in [2.24, 2.45) is 0 Å². The maximum atomic E-state index is 13.0. The average Bonchev–Trinajstić information content (AvgIpc) is 2.84. The minimum absolute atomic E-state index is 0.0961. The molecule has 0 aliphatic carbocycles. The van der Waals surface area contributed by atoms with E-state index in [9.17, 15) is 4.79 Å². The first kappa shape index (κ1) is 15.2. The van der Waals surface area contributed by atoms with E-state index in [1.165, 1.54) is 11.1 Å². The number of hydrogen-bond acceptors (Lipinski definition) is 3. The summed E-state index contributed by atoms with van der Waals surface area (Å²) in [5.41, 5.74) is 3.51. The Kier molecular flexibility index (Phi) is 4.22. The molecule has 0 spiro atoms. The minimum atomic E-state index is 0.0961. The number of nitrogens with one attached hydrogen (secondary N) is 1. The van der Waals surface area contributed by atoms with Gasteiger partial charge in [-0.3, -0.25) is 4.79 Å². The number of fused-ring (bicyclic) bond motifs is 2. The number of ether oxygens (including phenoxy) is 1.